The second-order valence-electron chi connectivity index (χ2n) is 7.39. The first-order valence-electron chi connectivity index (χ1n) is 10.3. The van der Waals surface area contributed by atoms with Crippen molar-refractivity contribution >= 4 is 11.9 Å². The summed E-state index contributed by atoms with van der Waals surface area (Å²) in [4.78, 5) is 11.8. The van der Waals surface area contributed by atoms with Gasteiger partial charge in [0.15, 0.2) is 5.78 Å². The van der Waals surface area contributed by atoms with Crippen LogP contribution in [0.4, 0.5) is 0 Å². The summed E-state index contributed by atoms with van der Waals surface area (Å²) in [5.74, 6) is 0.832. The molecular weight excluding hydrogens is 380 g/mol. The van der Waals surface area contributed by atoms with Gasteiger partial charge in [-0.2, -0.15) is 0 Å². The average molecular weight is 405 g/mol. The number of rotatable bonds is 6. The molecular formula is C29H24O2. The molecule has 0 bridgehead atoms. The third-order valence-electron chi connectivity index (χ3n) is 5.26. The molecule has 2 nitrogen and oxygen atoms in total. The van der Waals surface area contributed by atoms with E-state index in [4.69, 9.17) is 4.74 Å². The summed E-state index contributed by atoms with van der Waals surface area (Å²) in [5.41, 5.74) is 7.64. The molecule has 0 aromatic heterocycles. The molecule has 0 saturated heterocycles. The number of carbonyl (C=O) groups excluding carboxylic acids is 1. The molecule has 4 aromatic rings. The largest absolute Gasteiger partial charge is 0.497 e. The summed E-state index contributed by atoms with van der Waals surface area (Å²) in [6, 6.07) is 33.1. The van der Waals surface area contributed by atoms with Gasteiger partial charge in [0.1, 0.15) is 5.75 Å². The van der Waals surface area contributed by atoms with E-state index in [0.29, 0.717) is 0 Å². The predicted molar refractivity (Wildman–Crippen MR) is 129 cm³/mol. The number of carbonyl (C=O) groups is 1. The van der Waals surface area contributed by atoms with Crippen LogP contribution in [0.2, 0.25) is 0 Å². The monoisotopic (exact) mass is 404 g/mol. The zero-order valence-corrected chi connectivity index (χ0v) is 17.7. The Hall–Kier alpha value is -3.91. The number of ether oxygens (including phenoxy) is 1. The van der Waals surface area contributed by atoms with Crippen molar-refractivity contribution < 1.29 is 9.53 Å². The molecule has 0 spiro atoms. The molecule has 152 valence electrons. The second-order valence-corrected chi connectivity index (χ2v) is 7.39. The number of benzene rings is 4. The van der Waals surface area contributed by atoms with Gasteiger partial charge in [0.25, 0.3) is 0 Å². The van der Waals surface area contributed by atoms with Gasteiger partial charge in [-0.05, 0) is 76.2 Å². The van der Waals surface area contributed by atoms with Gasteiger partial charge in [0.05, 0.1) is 7.11 Å². The lowest BCUT2D eigenvalue weighted by molar-refractivity contribution is -0.112. The van der Waals surface area contributed by atoms with Gasteiger partial charge in [-0.25, -0.2) is 0 Å². The van der Waals surface area contributed by atoms with Gasteiger partial charge >= 0.3 is 0 Å². The fourth-order valence-electron chi connectivity index (χ4n) is 3.70. The van der Waals surface area contributed by atoms with Gasteiger partial charge in [-0.15, -0.1) is 0 Å². The lowest BCUT2D eigenvalue weighted by Crippen LogP contribution is -1.93. The van der Waals surface area contributed by atoms with Crippen LogP contribution in [0.1, 0.15) is 12.5 Å². The molecule has 0 aliphatic carbocycles. The highest BCUT2D eigenvalue weighted by Crippen LogP contribution is 2.38. The van der Waals surface area contributed by atoms with Crippen LogP contribution in [-0.2, 0) is 4.79 Å². The Bertz CT molecular complexity index is 1210. The second kappa shape index (κ2) is 9.27. The van der Waals surface area contributed by atoms with E-state index in [2.05, 4.69) is 48.5 Å². The van der Waals surface area contributed by atoms with Crippen molar-refractivity contribution in [2.75, 3.05) is 7.11 Å². The highest BCUT2D eigenvalue weighted by atomic mass is 16.5. The first kappa shape index (κ1) is 20.4. The number of methoxy groups -OCH3 is 1. The van der Waals surface area contributed by atoms with E-state index in [0.717, 1.165) is 44.7 Å². The zero-order chi connectivity index (χ0) is 21.6. The Balaban J connectivity index is 2.02. The normalized spacial score (nSPS) is 10.9. The molecule has 0 radical (unpaired) electrons. The van der Waals surface area contributed by atoms with E-state index in [1.165, 1.54) is 0 Å². The molecule has 0 heterocycles. The number of hydrogen-bond donors (Lipinski definition) is 0. The van der Waals surface area contributed by atoms with E-state index in [1.54, 1.807) is 20.1 Å². The van der Waals surface area contributed by atoms with Crippen molar-refractivity contribution in [2.45, 2.75) is 6.92 Å². The van der Waals surface area contributed by atoms with Gasteiger partial charge < -0.3 is 4.74 Å². The first-order valence-corrected chi connectivity index (χ1v) is 10.3. The Morgan fingerprint density at radius 3 is 1.71 bits per heavy atom. The fourth-order valence-corrected chi connectivity index (χ4v) is 3.70. The molecule has 31 heavy (non-hydrogen) atoms. The molecule has 2 heteroatoms. The molecule has 4 aromatic carbocycles. The third-order valence-corrected chi connectivity index (χ3v) is 5.26. The van der Waals surface area contributed by atoms with Crippen LogP contribution in [0.3, 0.4) is 0 Å². The maximum absolute atomic E-state index is 11.8. The Morgan fingerprint density at radius 2 is 1.19 bits per heavy atom. The van der Waals surface area contributed by atoms with Crippen molar-refractivity contribution in [3.8, 4) is 39.1 Å². The van der Waals surface area contributed by atoms with Crippen LogP contribution >= 0.6 is 0 Å². The Labute approximate surface area is 183 Å². The van der Waals surface area contributed by atoms with Crippen LogP contribution in [-0.4, -0.2) is 12.9 Å². The maximum Gasteiger partial charge on any atom is 0.152 e. The quantitative estimate of drug-likeness (QED) is 0.315. The first-order chi connectivity index (χ1) is 15.2. The van der Waals surface area contributed by atoms with E-state index in [-0.39, 0.29) is 5.78 Å². The summed E-state index contributed by atoms with van der Waals surface area (Å²) in [6.45, 7) is 1.57. The summed E-state index contributed by atoms with van der Waals surface area (Å²) >= 11 is 0. The lowest BCUT2D eigenvalue weighted by atomic mass is 9.87. The molecule has 0 amide bonds. The van der Waals surface area contributed by atoms with Crippen LogP contribution in [0.15, 0.2) is 103 Å². The van der Waals surface area contributed by atoms with Crippen molar-refractivity contribution in [1.29, 1.82) is 0 Å². The minimum atomic E-state index is 0.0202. The van der Waals surface area contributed by atoms with E-state index < -0.39 is 0 Å². The number of ketones is 1. The summed E-state index contributed by atoms with van der Waals surface area (Å²) < 4.78 is 5.34. The van der Waals surface area contributed by atoms with Crippen LogP contribution in [0, 0.1) is 0 Å². The molecule has 0 fully saturated rings. The highest BCUT2D eigenvalue weighted by molar-refractivity contribution is 5.97. The van der Waals surface area contributed by atoms with Crippen molar-refractivity contribution in [3.05, 3.63) is 109 Å². The highest BCUT2D eigenvalue weighted by Gasteiger charge is 2.14. The minimum absolute atomic E-state index is 0.0202. The van der Waals surface area contributed by atoms with Crippen LogP contribution in [0.25, 0.3) is 39.5 Å². The molecule has 0 N–H and O–H groups in total. The number of hydrogen-bond acceptors (Lipinski definition) is 2. The molecule has 4 rings (SSSR count). The van der Waals surface area contributed by atoms with E-state index >= 15 is 0 Å². The molecule has 0 aliphatic rings. The summed E-state index contributed by atoms with van der Waals surface area (Å²) in [5, 5.41) is 0. The standard InChI is InChI=1S/C29H24O2/c1-21(30)13-18-27-28(23-11-7-4-8-12-23)19-25(22-9-5-3-6-10-22)20-29(27)24-14-16-26(31-2)17-15-24/h3-20H,1-2H3/b18-13-. The summed E-state index contributed by atoms with van der Waals surface area (Å²) in [7, 11) is 1.67. The zero-order valence-electron chi connectivity index (χ0n) is 17.7. The van der Waals surface area contributed by atoms with Gasteiger partial charge in [0, 0.05) is 0 Å². The average Bonchev–Trinajstić information content (AvgIpc) is 2.83. The van der Waals surface area contributed by atoms with Crippen LogP contribution < -0.4 is 4.74 Å². The van der Waals surface area contributed by atoms with E-state index in [1.807, 2.05) is 54.6 Å². The summed E-state index contributed by atoms with van der Waals surface area (Å²) in [6.07, 6.45) is 3.57. The van der Waals surface area contributed by atoms with Crippen molar-refractivity contribution in [1.82, 2.24) is 0 Å². The van der Waals surface area contributed by atoms with E-state index in [9.17, 15) is 4.79 Å². The van der Waals surface area contributed by atoms with Crippen molar-refractivity contribution in [2.24, 2.45) is 0 Å². The maximum atomic E-state index is 11.8. The topological polar surface area (TPSA) is 26.3 Å². The molecule has 0 atom stereocenters. The molecule has 0 unspecified atom stereocenters. The third kappa shape index (κ3) is 4.65. The van der Waals surface area contributed by atoms with Gasteiger partial charge in [-0.1, -0.05) is 78.9 Å². The van der Waals surface area contributed by atoms with Gasteiger partial charge in [-0.3, -0.25) is 4.79 Å². The van der Waals surface area contributed by atoms with Crippen LogP contribution in [0.5, 0.6) is 5.75 Å². The lowest BCUT2D eigenvalue weighted by Gasteiger charge is -2.17. The van der Waals surface area contributed by atoms with Gasteiger partial charge in [0.2, 0.25) is 0 Å². The smallest absolute Gasteiger partial charge is 0.152 e. The Kier molecular flexibility index (Phi) is 6.09. The molecule has 0 aliphatic heterocycles. The molecule has 0 saturated carbocycles. The SMILES string of the molecule is COc1ccc(-c2cc(-c3ccccc3)cc(-c3ccccc3)c2/C=C\C(C)=O)cc1. The minimum Gasteiger partial charge on any atom is -0.497 e. The predicted octanol–water partition coefficient (Wildman–Crippen LogP) is 7.30. The fraction of sp³-hybridized carbons (Fsp3) is 0.0690. The Morgan fingerprint density at radius 1 is 0.677 bits per heavy atom. The van der Waals surface area contributed by atoms with Crippen molar-refractivity contribution in [3.63, 3.8) is 0 Å². The number of allylic oxidation sites excluding steroid dienone is 1.